The molecular weight excluding hydrogens is 228 g/mol. The molecule has 3 unspecified atom stereocenters. The van der Waals surface area contributed by atoms with Gasteiger partial charge < -0.3 is 0 Å². The summed E-state index contributed by atoms with van der Waals surface area (Å²) in [6, 6.07) is 19.5. The fraction of sp³-hybridized carbons (Fsp3) is 0.211. The third kappa shape index (κ3) is 1.04. The molecule has 0 N–H and O–H groups in total. The summed E-state index contributed by atoms with van der Waals surface area (Å²) in [5.41, 5.74) is 10.9. The zero-order chi connectivity index (χ0) is 12.4. The Labute approximate surface area is 113 Å². The number of allylic oxidation sites excluding steroid dienone is 1. The van der Waals surface area contributed by atoms with Crippen LogP contribution in [0.2, 0.25) is 0 Å². The summed E-state index contributed by atoms with van der Waals surface area (Å²) >= 11 is 0. The quantitative estimate of drug-likeness (QED) is 0.611. The molecule has 0 fully saturated rings. The van der Waals surface area contributed by atoms with Crippen molar-refractivity contribution < 1.29 is 0 Å². The first kappa shape index (κ1) is 9.68. The molecule has 3 atom stereocenters. The molecule has 0 heteroatoms. The van der Waals surface area contributed by atoms with Gasteiger partial charge in [0.1, 0.15) is 0 Å². The Bertz CT molecular complexity index is 712. The molecule has 2 bridgehead atoms. The van der Waals surface area contributed by atoms with Crippen LogP contribution in [0.5, 0.6) is 0 Å². The number of hydrogen-bond donors (Lipinski definition) is 0. The topological polar surface area (TPSA) is 0 Å². The summed E-state index contributed by atoms with van der Waals surface area (Å²) in [6.07, 6.45) is 3.37. The maximum absolute atomic E-state index is 3.54. The Morgan fingerprint density at radius 1 is 0.895 bits per heavy atom. The largest absolute Gasteiger partial charge is 0.125 e. The number of benzene rings is 1. The zero-order valence-electron chi connectivity index (χ0n) is 10.5. The van der Waals surface area contributed by atoms with Crippen LogP contribution in [0.25, 0.3) is 0 Å². The van der Waals surface area contributed by atoms with Crippen molar-refractivity contribution in [3.8, 4) is 0 Å². The molecule has 6 rings (SSSR count). The van der Waals surface area contributed by atoms with Crippen LogP contribution < -0.4 is 0 Å². The summed E-state index contributed by atoms with van der Waals surface area (Å²) in [5, 5.41) is 0. The summed E-state index contributed by atoms with van der Waals surface area (Å²) < 4.78 is 0. The van der Waals surface area contributed by atoms with E-state index in [0.29, 0.717) is 17.8 Å². The highest BCUT2D eigenvalue weighted by Gasteiger charge is 2.46. The van der Waals surface area contributed by atoms with Gasteiger partial charge in [0.05, 0.1) is 0 Å². The van der Waals surface area contributed by atoms with E-state index in [-0.39, 0.29) is 0 Å². The maximum Gasteiger partial charge on any atom is 0.0390 e. The van der Waals surface area contributed by atoms with Crippen LogP contribution in [0.3, 0.4) is 0 Å². The SMILES string of the molecule is C1=CCC2C=1C1c3cc#ccc3C2c2ccccc21. The third-order valence-corrected chi connectivity index (χ3v) is 4.91. The Kier molecular flexibility index (Phi) is 1.63. The molecule has 0 aliphatic heterocycles. The first-order chi connectivity index (χ1) is 9.45. The highest BCUT2D eigenvalue weighted by molar-refractivity contribution is 5.62. The second-order valence-corrected chi connectivity index (χ2v) is 5.67. The molecule has 2 aromatic rings. The van der Waals surface area contributed by atoms with Gasteiger partial charge in [0.2, 0.25) is 0 Å². The summed E-state index contributed by atoms with van der Waals surface area (Å²) in [5.74, 6) is 1.54. The minimum absolute atomic E-state index is 0.408. The van der Waals surface area contributed by atoms with Gasteiger partial charge in [0.25, 0.3) is 0 Å². The third-order valence-electron chi connectivity index (χ3n) is 4.91. The van der Waals surface area contributed by atoms with Crippen molar-refractivity contribution in [2.24, 2.45) is 5.92 Å². The van der Waals surface area contributed by atoms with Crippen molar-refractivity contribution in [3.63, 3.8) is 0 Å². The Balaban J connectivity index is 1.92. The van der Waals surface area contributed by atoms with Gasteiger partial charge in [-0.1, -0.05) is 36.4 Å². The number of rotatable bonds is 0. The molecule has 4 aliphatic rings. The summed E-state index contributed by atoms with van der Waals surface area (Å²) in [6.45, 7) is 0. The molecule has 19 heavy (non-hydrogen) atoms. The molecule has 0 nitrogen and oxygen atoms in total. The van der Waals surface area contributed by atoms with E-state index in [2.05, 4.69) is 60.3 Å². The predicted octanol–water partition coefficient (Wildman–Crippen LogP) is 3.98. The Hall–Kier alpha value is -2.22. The molecule has 0 heterocycles. The van der Waals surface area contributed by atoms with Gasteiger partial charge in [0, 0.05) is 17.8 Å². The van der Waals surface area contributed by atoms with Gasteiger partial charge in [-0.15, -0.1) is 5.73 Å². The van der Waals surface area contributed by atoms with Crippen LogP contribution >= 0.6 is 0 Å². The van der Waals surface area contributed by atoms with Crippen molar-refractivity contribution in [3.05, 3.63) is 88.2 Å². The Morgan fingerprint density at radius 2 is 1.68 bits per heavy atom. The molecule has 0 spiro atoms. The van der Waals surface area contributed by atoms with E-state index in [9.17, 15) is 0 Å². The van der Waals surface area contributed by atoms with E-state index in [1.54, 1.807) is 0 Å². The van der Waals surface area contributed by atoms with Gasteiger partial charge in [-0.05, 0) is 52.5 Å². The monoisotopic (exact) mass is 240 g/mol. The molecule has 2 aromatic carbocycles. The van der Waals surface area contributed by atoms with Gasteiger partial charge in [-0.3, -0.25) is 0 Å². The maximum atomic E-state index is 3.54. The Morgan fingerprint density at radius 3 is 2.58 bits per heavy atom. The van der Waals surface area contributed by atoms with Crippen molar-refractivity contribution in [2.45, 2.75) is 18.3 Å². The molecule has 88 valence electrons. The van der Waals surface area contributed by atoms with E-state index >= 15 is 0 Å². The average molecular weight is 240 g/mol. The van der Waals surface area contributed by atoms with Crippen LogP contribution in [-0.4, -0.2) is 0 Å². The lowest BCUT2D eigenvalue weighted by atomic mass is 9.57. The van der Waals surface area contributed by atoms with Crippen LogP contribution in [0, 0.1) is 18.1 Å². The molecule has 0 saturated carbocycles. The lowest BCUT2D eigenvalue weighted by Gasteiger charge is -2.45. The first-order valence-corrected chi connectivity index (χ1v) is 6.90. The molecule has 0 saturated heterocycles. The van der Waals surface area contributed by atoms with Crippen LogP contribution in [0.15, 0.2) is 53.8 Å². The minimum atomic E-state index is 0.408. The van der Waals surface area contributed by atoms with E-state index in [4.69, 9.17) is 0 Å². The highest BCUT2D eigenvalue weighted by Crippen LogP contribution is 2.59. The standard InChI is InChI=1S/C19H12/c1-2-7-13-12(6-1)18-14-8-3-4-9-15(14)19(13)17-11-5-10-16(17)18/h1-2,5-9,16,18-19H,10H2. The van der Waals surface area contributed by atoms with Crippen LogP contribution in [0.1, 0.15) is 40.5 Å². The van der Waals surface area contributed by atoms with Gasteiger partial charge in [-0.25, -0.2) is 0 Å². The average Bonchev–Trinajstić information content (AvgIpc) is 2.96. The summed E-state index contributed by atoms with van der Waals surface area (Å²) in [7, 11) is 0. The summed E-state index contributed by atoms with van der Waals surface area (Å²) in [4.78, 5) is 0. The smallest absolute Gasteiger partial charge is 0.0390 e. The second-order valence-electron chi connectivity index (χ2n) is 5.67. The molecule has 0 amide bonds. The van der Waals surface area contributed by atoms with E-state index in [0.717, 1.165) is 6.42 Å². The lowest BCUT2D eigenvalue weighted by molar-refractivity contribution is 0.474. The molecule has 0 radical (unpaired) electrons. The molecule has 4 aliphatic carbocycles. The van der Waals surface area contributed by atoms with Crippen LogP contribution in [-0.2, 0) is 0 Å². The van der Waals surface area contributed by atoms with Crippen molar-refractivity contribution in [1.29, 1.82) is 0 Å². The van der Waals surface area contributed by atoms with Gasteiger partial charge >= 0.3 is 0 Å². The van der Waals surface area contributed by atoms with Crippen molar-refractivity contribution in [2.75, 3.05) is 0 Å². The predicted molar refractivity (Wildman–Crippen MR) is 73.9 cm³/mol. The van der Waals surface area contributed by atoms with Crippen LogP contribution in [0.4, 0.5) is 0 Å². The van der Waals surface area contributed by atoms with E-state index in [1.165, 1.54) is 27.8 Å². The van der Waals surface area contributed by atoms with Gasteiger partial charge in [-0.2, -0.15) is 0 Å². The second kappa shape index (κ2) is 3.21. The first-order valence-electron chi connectivity index (χ1n) is 6.90. The zero-order valence-corrected chi connectivity index (χ0v) is 10.5. The fourth-order valence-electron chi connectivity index (χ4n) is 4.24. The van der Waals surface area contributed by atoms with E-state index < -0.39 is 0 Å². The molecule has 0 aromatic heterocycles. The van der Waals surface area contributed by atoms with Crippen molar-refractivity contribution in [1.82, 2.24) is 0 Å². The lowest BCUT2D eigenvalue weighted by Crippen LogP contribution is -2.32. The number of hydrogen-bond acceptors (Lipinski definition) is 0. The van der Waals surface area contributed by atoms with E-state index in [1.807, 2.05) is 0 Å². The minimum Gasteiger partial charge on any atom is -0.125 e. The molecular formula is C19H12. The fourth-order valence-corrected chi connectivity index (χ4v) is 4.24. The van der Waals surface area contributed by atoms with Gasteiger partial charge in [0.15, 0.2) is 0 Å². The highest BCUT2D eigenvalue weighted by atomic mass is 14.5. The van der Waals surface area contributed by atoms with Crippen molar-refractivity contribution >= 4 is 0 Å². The normalized spacial score (nSPS) is 28.2.